The maximum absolute atomic E-state index is 5.68. The summed E-state index contributed by atoms with van der Waals surface area (Å²) in [6.45, 7) is 2.29. The molecule has 3 heteroatoms. The second-order valence-corrected chi connectivity index (χ2v) is 3.52. The number of rotatable bonds is 1. The van der Waals surface area contributed by atoms with E-state index in [0.29, 0.717) is 0 Å². The Morgan fingerprint density at radius 3 is 2.62 bits per heavy atom. The first kappa shape index (κ1) is 8.35. The van der Waals surface area contributed by atoms with Crippen molar-refractivity contribution in [3.05, 3.63) is 18.5 Å². The second-order valence-electron chi connectivity index (χ2n) is 3.52. The molecule has 0 unspecified atom stereocenters. The van der Waals surface area contributed by atoms with Gasteiger partial charge in [-0.25, -0.2) is 0 Å². The van der Waals surface area contributed by atoms with Crippen molar-refractivity contribution in [2.24, 2.45) is 0 Å². The summed E-state index contributed by atoms with van der Waals surface area (Å²) in [5, 5.41) is 0. The van der Waals surface area contributed by atoms with E-state index < -0.39 is 0 Å². The molecule has 0 amide bonds. The van der Waals surface area contributed by atoms with Gasteiger partial charge in [0.15, 0.2) is 0 Å². The van der Waals surface area contributed by atoms with Gasteiger partial charge in [0, 0.05) is 19.3 Å². The first-order valence-corrected chi connectivity index (χ1v) is 4.82. The van der Waals surface area contributed by atoms with E-state index in [1.807, 2.05) is 12.3 Å². The summed E-state index contributed by atoms with van der Waals surface area (Å²) in [5.74, 6) is 0. The second kappa shape index (κ2) is 3.64. The molecule has 2 N–H and O–H groups in total. The summed E-state index contributed by atoms with van der Waals surface area (Å²) in [6, 6.07) is 2.00. The Hall–Kier alpha value is -1.25. The van der Waals surface area contributed by atoms with Crippen molar-refractivity contribution in [2.45, 2.75) is 19.3 Å². The number of aromatic nitrogens is 1. The molecule has 2 rings (SSSR count). The van der Waals surface area contributed by atoms with E-state index in [9.17, 15) is 0 Å². The maximum atomic E-state index is 5.68. The van der Waals surface area contributed by atoms with Gasteiger partial charge in [-0.1, -0.05) is 0 Å². The van der Waals surface area contributed by atoms with E-state index in [-0.39, 0.29) is 0 Å². The highest BCUT2D eigenvalue weighted by molar-refractivity contribution is 5.53. The van der Waals surface area contributed by atoms with E-state index >= 15 is 0 Å². The molecule has 1 aromatic rings. The Labute approximate surface area is 78.6 Å². The van der Waals surface area contributed by atoms with Gasteiger partial charge >= 0.3 is 0 Å². The third-order valence-electron chi connectivity index (χ3n) is 2.47. The van der Waals surface area contributed by atoms with E-state index in [1.165, 1.54) is 24.9 Å². The highest BCUT2D eigenvalue weighted by Crippen LogP contribution is 2.20. The Kier molecular flexibility index (Phi) is 2.34. The van der Waals surface area contributed by atoms with Crippen LogP contribution in [0.2, 0.25) is 0 Å². The minimum absolute atomic E-state index is 0.753. The number of piperidine rings is 1. The number of nitrogen functional groups attached to an aromatic ring is 1. The lowest BCUT2D eigenvalue weighted by atomic mass is 10.1. The number of hydrogen-bond donors (Lipinski definition) is 1. The predicted molar refractivity (Wildman–Crippen MR) is 54.7 cm³/mol. The lowest BCUT2D eigenvalue weighted by Gasteiger charge is -2.28. The fourth-order valence-electron chi connectivity index (χ4n) is 1.77. The standard InChI is InChI=1S/C10H15N3/c11-9-6-10(8-12-7-9)13-4-2-1-3-5-13/h6-8H,1-5,11H2. The molecule has 2 heterocycles. The summed E-state index contributed by atoms with van der Waals surface area (Å²) in [4.78, 5) is 6.45. The molecule has 1 aromatic heterocycles. The highest BCUT2D eigenvalue weighted by atomic mass is 15.1. The molecular weight excluding hydrogens is 162 g/mol. The Morgan fingerprint density at radius 2 is 1.92 bits per heavy atom. The number of anilines is 2. The average molecular weight is 177 g/mol. The molecule has 0 bridgehead atoms. The number of nitrogens with two attached hydrogens (primary N) is 1. The molecule has 0 aromatic carbocycles. The van der Waals surface area contributed by atoms with Crippen molar-refractivity contribution in [3.63, 3.8) is 0 Å². The first-order chi connectivity index (χ1) is 6.36. The Morgan fingerprint density at radius 1 is 1.15 bits per heavy atom. The van der Waals surface area contributed by atoms with Gasteiger partial charge in [-0.05, 0) is 25.3 Å². The molecule has 0 atom stereocenters. The smallest absolute Gasteiger partial charge is 0.0573 e. The Balaban J connectivity index is 2.14. The van der Waals surface area contributed by atoms with Gasteiger partial charge in [0.25, 0.3) is 0 Å². The summed E-state index contributed by atoms with van der Waals surface area (Å²) in [6.07, 6.45) is 7.50. The van der Waals surface area contributed by atoms with Crippen molar-refractivity contribution in [1.82, 2.24) is 4.98 Å². The van der Waals surface area contributed by atoms with Crippen LogP contribution in [0.4, 0.5) is 11.4 Å². The third kappa shape index (κ3) is 1.91. The minimum Gasteiger partial charge on any atom is -0.397 e. The van der Waals surface area contributed by atoms with Crippen LogP contribution in [0.1, 0.15) is 19.3 Å². The SMILES string of the molecule is Nc1cncc(N2CCCCC2)c1. The molecule has 1 aliphatic rings. The van der Waals surface area contributed by atoms with Gasteiger partial charge in [-0.2, -0.15) is 0 Å². The predicted octanol–water partition coefficient (Wildman–Crippen LogP) is 1.65. The molecular formula is C10H15N3. The van der Waals surface area contributed by atoms with Crippen LogP contribution in [0.15, 0.2) is 18.5 Å². The van der Waals surface area contributed by atoms with Crippen LogP contribution in [-0.2, 0) is 0 Å². The fraction of sp³-hybridized carbons (Fsp3) is 0.500. The number of nitrogens with zero attached hydrogens (tertiary/aromatic N) is 2. The van der Waals surface area contributed by atoms with E-state index in [4.69, 9.17) is 5.73 Å². The molecule has 1 fully saturated rings. The average Bonchev–Trinajstić information content (AvgIpc) is 2.19. The molecule has 0 saturated carbocycles. The van der Waals surface area contributed by atoms with Gasteiger partial charge in [-0.3, -0.25) is 4.98 Å². The molecule has 0 aliphatic carbocycles. The summed E-state index contributed by atoms with van der Waals surface area (Å²) in [5.41, 5.74) is 7.60. The summed E-state index contributed by atoms with van der Waals surface area (Å²) >= 11 is 0. The number of pyridine rings is 1. The van der Waals surface area contributed by atoms with Crippen molar-refractivity contribution >= 4 is 11.4 Å². The summed E-state index contributed by atoms with van der Waals surface area (Å²) in [7, 11) is 0. The van der Waals surface area contributed by atoms with Crippen molar-refractivity contribution in [1.29, 1.82) is 0 Å². The quantitative estimate of drug-likeness (QED) is 0.709. The van der Waals surface area contributed by atoms with Crippen LogP contribution in [0.5, 0.6) is 0 Å². The molecule has 3 nitrogen and oxygen atoms in total. The monoisotopic (exact) mass is 177 g/mol. The van der Waals surface area contributed by atoms with E-state index in [2.05, 4.69) is 9.88 Å². The van der Waals surface area contributed by atoms with E-state index in [0.717, 1.165) is 18.8 Å². The van der Waals surface area contributed by atoms with Crippen LogP contribution in [0, 0.1) is 0 Å². The van der Waals surface area contributed by atoms with E-state index in [1.54, 1.807) is 6.20 Å². The molecule has 1 saturated heterocycles. The zero-order valence-electron chi connectivity index (χ0n) is 7.74. The molecule has 1 aliphatic heterocycles. The molecule has 0 radical (unpaired) electrons. The minimum atomic E-state index is 0.753. The van der Waals surface area contributed by atoms with Gasteiger partial charge in [0.2, 0.25) is 0 Å². The maximum Gasteiger partial charge on any atom is 0.0573 e. The first-order valence-electron chi connectivity index (χ1n) is 4.82. The highest BCUT2D eigenvalue weighted by Gasteiger charge is 2.10. The number of hydrogen-bond acceptors (Lipinski definition) is 3. The van der Waals surface area contributed by atoms with Crippen LogP contribution in [0.25, 0.3) is 0 Å². The largest absolute Gasteiger partial charge is 0.397 e. The van der Waals surface area contributed by atoms with Crippen LogP contribution < -0.4 is 10.6 Å². The van der Waals surface area contributed by atoms with Gasteiger partial charge in [0.05, 0.1) is 17.6 Å². The van der Waals surface area contributed by atoms with Crippen molar-refractivity contribution in [2.75, 3.05) is 23.7 Å². The fourth-order valence-corrected chi connectivity index (χ4v) is 1.77. The van der Waals surface area contributed by atoms with Crippen molar-refractivity contribution in [3.8, 4) is 0 Å². The zero-order valence-corrected chi connectivity index (χ0v) is 7.74. The summed E-state index contributed by atoms with van der Waals surface area (Å²) < 4.78 is 0. The normalized spacial score (nSPS) is 17.4. The van der Waals surface area contributed by atoms with Crippen LogP contribution >= 0.6 is 0 Å². The van der Waals surface area contributed by atoms with Gasteiger partial charge < -0.3 is 10.6 Å². The Bertz CT molecular complexity index is 279. The molecule has 13 heavy (non-hydrogen) atoms. The molecule has 0 spiro atoms. The van der Waals surface area contributed by atoms with Gasteiger partial charge in [-0.15, -0.1) is 0 Å². The zero-order chi connectivity index (χ0) is 9.10. The molecule has 70 valence electrons. The van der Waals surface area contributed by atoms with Crippen LogP contribution in [0.3, 0.4) is 0 Å². The topological polar surface area (TPSA) is 42.1 Å². The van der Waals surface area contributed by atoms with Crippen LogP contribution in [-0.4, -0.2) is 18.1 Å². The third-order valence-corrected chi connectivity index (χ3v) is 2.47. The lowest BCUT2D eigenvalue weighted by molar-refractivity contribution is 0.577. The lowest BCUT2D eigenvalue weighted by Crippen LogP contribution is -2.29. The van der Waals surface area contributed by atoms with Crippen molar-refractivity contribution < 1.29 is 0 Å². The van der Waals surface area contributed by atoms with Gasteiger partial charge in [0.1, 0.15) is 0 Å².